The molecule has 1 amide bonds. The van der Waals surface area contributed by atoms with Crippen LogP contribution in [0.25, 0.3) is 10.2 Å². The molecule has 2 heterocycles. The van der Waals surface area contributed by atoms with Crippen LogP contribution in [0, 0.1) is 11.3 Å². The van der Waals surface area contributed by atoms with Crippen LogP contribution in [0.4, 0.5) is 10.8 Å². The van der Waals surface area contributed by atoms with Crippen molar-refractivity contribution in [2.75, 3.05) is 43.1 Å². The molecule has 166 valence electrons. The van der Waals surface area contributed by atoms with Crippen LogP contribution in [-0.2, 0) is 14.8 Å². The molecule has 2 N–H and O–H groups in total. The van der Waals surface area contributed by atoms with Crippen LogP contribution >= 0.6 is 11.3 Å². The van der Waals surface area contributed by atoms with Crippen molar-refractivity contribution in [3.05, 3.63) is 48.0 Å². The van der Waals surface area contributed by atoms with Gasteiger partial charge < -0.3 is 9.64 Å². The normalized spacial score (nSPS) is 14.3. The maximum atomic E-state index is 12.6. The molecule has 11 heteroatoms. The molecule has 0 saturated carbocycles. The van der Waals surface area contributed by atoms with Crippen LogP contribution in [0.3, 0.4) is 0 Å². The quantitative estimate of drug-likeness (QED) is 0.508. The summed E-state index contributed by atoms with van der Waals surface area (Å²) in [7, 11) is -3.72. The maximum Gasteiger partial charge on any atom is 0.257 e. The number of hydrogen-bond acceptors (Lipinski definition) is 8. The van der Waals surface area contributed by atoms with Gasteiger partial charge in [-0.2, -0.15) is 5.26 Å². The van der Waals surface area contributed by atoms with E-state index in [4.69, 9.17) is 10.00 Å². The van der Waals surface area contributed by atoms with Crippen LogP contribution in [0.15, 0.2) is 47.4 Å². The smallest absolute Gasteiger partial charge is 0.257 e. The molecule has 9 nitrogen and oxygen atoms in total. The van der Waals surface area contributed by atoms with Gasteiger partial charge in [-0.1, -0.05) is 11.3 Å². The topological polar surface area (TPSA) is 124 Å². The Morgan fingerprint density at radius 1 is 1.19 bits per heavy atom. The van der Waals surface area contributed by atoms with E-state index in [1.165, 1.54) is 35.6 Å². The van der Waals surface area contributed by atoms with Crippen molar-refractivity contribution in [3.63, 3.8) is 0 Å². The zero-order valence-electron chi connectivity index (χ0n) is 17.1. The van der Waals surface area contributed by atoms with Crippen LogP contribution in [0.1, 0.15) is 16.8 Å². The Labute approximate surface area is 189 Å². The van der Waals surface area contributed by atoms with Gasteiger partial charge in [-0.3, -0.25) is 10.1 Å². The number of nitriles is 1. The van der Waals surface area contributed by atoms with Crippen LogP contribution in [0.5, 0.6) is 0 Å². The number of sulfonamides is 1. The van der Waals surface area contributed by atoms with Gasteiger partial charge in [0.25, 0.3) is 5.91 Å². The summed E-state index contributed by atoms with van der Waals surface area (Å²) in [6, 6.07) is 13.5. The van der Waals surface area contributed by atoms with E-state index in [1.807, 2.05) is 18.2 Å². The first-order valence-electron chi connectivity index (χ1n) is 9.97. The number of carbonyl (C=O) groups excluding carboxylic acids is 1. The number of nitrogens with one attached hydrogen (secondary N) is 2. The molecule has 32 heavy (non-hydrogen) atoms. The molecule has 1 aromatic heterocycles. The highest BCUT2D eigenvalue weighted by molar-refractivity contribution is 7.89. The molecule has 3 aromatic rings. The van der Waals surface area contributed by atoms with Gasteiger partial charge >= 0.3 is 0 Å². The highest BCUT2D eigenvalue weighted by Crippen LogP contribution is 2.30. The number of ether oxygens (including phenoxy) is 1. The van der Waals surface area contributed by atoms with E-state index in [1.54, 1.807) is 0 Å². The minimum Gasteiger partial charge on any atom is -0.378 e. The number of nitrogens with zero attached hydrogens (tertiary/aromatic N) is 3. The average Bonchev–Trinajstić information content (AvgIpc) is 3.21. The SMILES string of the molecule is N#CCCNS(=O)(=O)c1ccc(C(=O)Nc2nc3ccc(N4CCOCC4)cc3s2)cc1. The Morgan fingerprint density at radius 3 is 2.66 bits per heavy atom. The third kappa shape index (κ3) is 5.05. The first-order chi connectivity index (χ1) is 15.5. The molecule has 4 rings (SSSR count). The number of anilines is 2. The third-order valence-electron chi connectivity index (χ3n) is 4.92. The summed E-state index contributed by atoms with van der Waals surface area (Å²) < 4.78 is 33.1. The van der Waals surface area contributed by atoms with Gasteiger partial charge in [0.1, 0.15) is 0 Å². The summed E-state index contributed by atoms with van der Waals surface area (Å²) in [5.74, 6) is -0.376. The summed E-state index contributed by atoms with van der Waals surface area (Å²) >= 11 is 1.38. The molecule has 1 aliphatic heterocycles. The minimum atomic E-state index is -3.72. The van der Waals surface area contributed by atoms with Crippen LogP contribution in [0.2, 0.25) is 0 Å². The number of morpholine rings is 1. The number of amides is 1. The number of fused-ring (bicyclic) bond motifs is 1. The molecule has 1 saturated heterocycles. The number of thiazole rings is 1. The highest BCUT2D eigenvalue weighted by Gasteiger charge is 2.16. The van der Waals surface area contributed by atoms with E-state index < -0.39 is 10.0 Å². The Bertz CT molecular complexity index is 1260. The number of carbonyl (C=O) groups is 1. The van der Waals surface area contributed by atoms with E-state index in [-0.39, 0.29) is 23.8 Å². The first-order valence-corrected chi connectivity index (χ1v) is 12.3. The predicted octanol–water partition coefficient (Wildman–Crippen LogP) is 2.58. The van der Waals surface area contributed by atoms with Gasteiger partial charge in [0, 0.05) is 37.3 Å². The molecular formula is C21H21N5O4S2. The van der Waals surface area contributed by atoms with E-state index >= 15 is 0 Å². The molecule has 1 aliphatic rings. The second-order valence-electron chi connectivity index (χ2n) is 7.05. The first kappa shape index (κ1) is 22.2. The maximum absolute atomic E-state index is 12.6. The van der Waals surface area contributed by atoms with Gasteiger partial charge in [-0.05, 0) is 42.5 Å². The fourth-order valence-corrected chi connectivity index (χ4v) is 5.19. The summed E-state index contributed by atoms with van der Waals surface area (Å²) in [4.78, 5) is 19.4. The van der Waals surface area contributed by atoms with Gasteiger partial charge in [-0.25, -0.2) is 18.1 Å². The molecule has 0 atom stereocenters. The molecule has 2 aromatic carbocycles. The fraction of sp³-hybridized carbons (Fsp3) is 0.286. The highest BCUT2D eigenvalue weighted by atomic mass is 32.2. The number of rotatable bonds is 7. The Morgan fingerprint density at radius 2 is 1.94 bits per heavy atom. The van der Waals surface area contributed by atoms with Crippen molar-refractivity contribution in [1.29, 1.82) is 5.26 Å². The summed E-state index contributed by atoms with van der Waals surface area (Å²) in [6.07, 6.45) is 0.0792. The Hall–Kier alpha value is -3.04. The van der Waals surface area contributed by atoms with Crippen molar-refractivity contribution in [2.24, 2.45) is 0 Å². The average molecular weight is 472 g/mol. The van der Waals surface area contributed by atoms with E-state index in [2.05, 4.69) is 26.0 Å². The summed E-state index contributed by atoms with van der Waals surface area (Å²) in [6.45, 7) is 3.13. The Balaban J connectivity index is 1.44. The number of benzene rings is 2. The summed E-state index contributed by atoms with van der Waals surface area (Å²) in [5.41, 5.74) is 2.21. The zero-order valence-corrected chi connectivity index (χ0v) is 18.7. The molecular weight excluding hydrogens is 450 g/mol. The van der Waals surface area contributed by atoms with Gasteiger partial charge in [0.2, 0.25) is 10.0 Å². The lowest BCUT2D eigenvalue weighted by Gasteiger charge is -2.28. The van der Waals surface area contributed by atoms with Crippen molar-refractivity contribution < 1.29 is 17.9 Å². The minimum absolute atomic E-state index is 0.0302. The van der Waals surface area contributed by atoms with Gasteiger partial charge in [0.05, 0.1) is 34.4 Å². The summed E-state index contributed by atoms with van der Waals surface area (Å²) in [5, 5.41) is 11.8. The van der Waals surface area contributed by atoms with Crippen molar-refractivity contribution in [1.82, 2.24) is 9.71 Å². The molecule has 0 spiro atoms. The van der Waals surface area contributed by atoms with Gasteiger partial charge in [0.15, 0.2) is 5.13 Å². The molecule has 0 radical (unpaired) electrons. The molecule has 0 aliphatic carbocycles. The van der Waals surface area contributed by atoms with Gasteiger partial charge in [-0.15, -0.1) is 0 Å². The largest absolute Gasteiger partial charge is 0.378 e. The molecule has 0 unspecified atom stereocenters. The predicted molar refractivity (Wildman–Crippen MR) is 122 cm³/mol. The van der Waals surface area contributed by atoms with Crippen molar-refractivity contribution in [2.45, 2.75) is 11.3 Å². The molecule has 0 bridgehead atoms. The van der Waals surface area contributed by atoms with E-state index in [9.17, 15) is 13.2 Å². The fourth-order valence-electron chi connectivity index (χ4n) is 3.26. The van der Waals surface area contributed by atoms with E-state index in [0.29, 0.717) is 23.9 Å². The lowest BCUT2D eigenvalue weighted by atomic mass is 10.2. The lowest BCUT2D eigenvalue weighted by Crippen LogP contribution is -2.36. The van der Waals surface area contributed by atoms with Crippen LogP contribution in [-0.4, -0.2) is 52.2 Å². The van der Waals surface area contributed by atoms with Crippen molar-refractivity contribution in [3.8, 4) is 6.07 Å². The zero-order chi connectivity index (χ0) is 22.6. The van der Waals surface area contributed by atoms with Crippen LogP contribution < -0.4 is 14.9 Å². The van der Waals surface area contributed by atoms with E-state index in [0.717, 1.165) is 29.0 Å². The second-order valence-corrected chi connectivity index (χ2v) is 9.85. The van der Waals surface area contributed by atoms with Crippen molar-refractivity contribution >= 4 is 48.3 Å². The molecule has 1 fully saturated rings. The standard InChI is InChI=1S/C21H21N5O4S2/c22-8-1-9-23-32(28,29)17-5-2-15(3-6-17)20(27)25-21-24-18-7-4-16(14-19(18)31-21)26-10-12-30-13-11-26/h2-7,14,23H,1,9-13H2,(H,24,25,27). The second kappa shape index (κ2) is 9.62. The third-order valence-corrected chi connectivity index (χ3v) is 7.33. The monoisotopic (exact) mass is 471 g/mol. The Kier molecular flexibility index (Phi) is 6.66. The number of aromatic nitrogens is 1. The lowest BCUT2D eigenvalue weighted by molar-refractivity contribution is 0.102. The number of hydrogen-bond donors (Lipinski definition) is 2.